The Bertz CT molecular complexity index is 1260. The zero-order chi connectivity index (χ0) is 23.6. The average molecular weight is 461 g/mol. The van der Waals surface area contributed by atoms with Crippen molar-refractivity contribution in [3.8, 4) is 0 Å². The molecule has 0 nitrogen and oxygen atoms in total. The number of hydrogen-bond donors (Lipinski definition) is 0. The Kier molecular flexibility index (Phi) is 6.64. The van der Waals surface area contributed by atoms with E-state index in [-0.39, 0.29) is 0 Å². The SMILES string of the molecule is CC1CCCCC2Cc3ccc4c5c(ccc4c3CC2CC1)Cc1ccccccccc1CC5. The summed E-state index contributed by atoms with van der Waals surface area (Å²) in [6, 6.07) is 27.5. The predicted octanol–water partition coefficient (Wildman–Crippen LogP) is 8.97. The van der Waals surface area contributed by atoms with Crippen LogP contribution in [0.1, 0.15) is 78.8 Å². The third-order valence-electron chi connectivity index (χ3n) is 9.37. The molecule has 0 saturated heterocycles. The van der Waals surface area contributed by atoms with Gasteiger partial charge in [-0.3, -0.25) is 0 Å². The van der Waals surface area contributed by atoms with Crippen molar-refractivity contribution in [2.75, 3.05) is 0 Å². The standard InChI is InChI=1S/C35H40/c1-25-10-8-9-13-28-23-31-18-20-33-32-19-16-26-11-6-4-2-3-5-7-12-27(26)22-30(32)17-21-34(33)35(31)24-29(28)15-14-25/h2-7,11-12,17-18,20-21,25,28-29H,8-10,13-16,19,22-24H2,1H3. The average Bonchev–Trinajstić information content (AvgIpc) is 3.00. The fourth-order valence-corrected chi connectivity index (χ4v) is 7.31. The fourth-order valence-electron chi connectivity index (χ4n) is 7.31. The second-order valence-electron chi connectivity index (χ2n) is 11.6. The summed E-state index contributed by atoms with van der Waals surface area (Å²) in [7, 11) is 0. The minimum absolute atomic E-state index is 0.887. The molecule has 0 heteroatoms. The molecule has 3 unspecified atom stereocenters. The van der Waals surface area contributed by atoms with E-state index in [2.05, 4.69) is 79.7 Å². The minimum atomic E-state index is 0.887. The Morgan fingerprint density at radius 1 is 0.514 bits per heavy atom. The summed E-state index contributed by atoms with van der Waals surface area (Å²) >= 11 is 0. The number of fused-ring (bicyclic) bond motifs is 7. The summed E-state index contributed by atoms with van der Waals surface area (Å²) in [4.78, 5) is 0. The molecule has 1 saturated carbocycles. The lowest BCUT2D eigenvalue weighted by atomic mass is 9.71. The molecule has 0 spiro atoms. The largest absolute Gasteiger partial charge is 0.0625 e. The molecule has 35 heavy (non-hydrogen) atoms. The van der Waals surface area contributed by atoms with Gasteiger partial charge < -0.3 is 0 Å². The lowest BCUT2D eigenvalue weighted by Crippen LogP contribution is -2.26. The molecular formula is C35H40. The molecule has 3 aromatic carbocycles. The minimum Gasteiger partial charge on any atom is -0.0625 e. The van der Waals surface area contributed by atoms with Crippen LogP contribution in [0.15, 0.2) is 72.8 Å². The fraction of sp³-hybridized carbons (Fsp3) is 0.429. The van der Waals surface area contributed by atoms with Crippen molar-refractivity contribution in [1.82, 2.24) is 0 Å². The maximum atomic E-state index is 2.52. The number of aryl methyl sites for hydroxylation is 2. The van der Waals surface area contributed by atoms with Crippen LogP contribution in [0.5, 0.6) is 0 Å². The first-order valence-corrected chi connectivity index (χ1v) is 14.2. The van der Waals surface area contributed by atoms with Gasteiger partial charge in [0.15, 0.2) is 0 Å². The van der Waals surface area contributed by atoms with E-state index in [9.17, 15) is 0 Å². The molecule has 0 heterocycles. The van der Waals surface area contributed by atoms with E-state index < -0.39 is 0 Å². The van der Waals surface area contributed by atoms with Crippen LogP contribution in [0.2, 0.25) is 0 Å². The smallest absolute Gasteiger partial charge is 0.00201 e. The Hall–Kier alpha value is -2.60. The van der Waals surface area contributed by atoms with Crippen molar-refractivity contribution in [3.63, 3.8) is 0 Å². The van der Waals surface area contributed by atoms with Gasteiger partial charge >= 0.3 is 0 Å². The monoisotopic (exact) mass is 460 g/mol. The van der Waals surface area contributed by atoms with E-state index in [1.165, 1.54) is 73.4 Å². The van der Waals surface area contributed by atoms with Gasteiger partial charge in [0.25, 0.3) is 0 Å². The topological polar surface area (TPSA) is 0 Å². The van der Waals surface area contributed by atoms with Gasteiger partial charge in [0.1, 0.15) is 0 Å². The number of rotatable bonds is 0. The Balaban J connectivity index is 1.38. The third kappa shape index (κ3) is 4.77. The highest BCUT2D eigenvalue weighted by molar-refractivity contribution is 5.91. The van der Waals surface area contributed by atoms with Crippen LogP contribution in [-0.4, -0.2) is 0 Å². The van der Waals surface area contributed by atoms with Crippen LogP contribution in [0.25, 0.3) is 10.8 Å². The molecule has 6 rings (SSSR count). The molecule has 3 aliphatic rings. The number of benzene rings is 2. The summed E-state index contributed by atoms with van der Waals surface area (Å²) < 4.78 is 0. The van der Waals surface area contributed by atoms with Crippen molar-refractivity contribution in [2.45, 2.75) is 77.6 Å². The van der Waals surface area contributed by atoms with Crippen molar-refractivity contribution < 1.29 is 0 Å². The molecular weight excluding hydrogens is 420 g/mol. The molecule has 0 aromatic heterocycles. The van der Waals surface area contributed by atoms with Gasteiger partial charge in [-0.2, -0.15) is 0 Å². The molecule has 1 fully saturated rings. The van der Waals surface area contributed by atoms with Crippen molar-refractivity contribution in [1.29, 1.82) is 0 Å². The van der Waals surface area contributed by atoms with E-state index in [0.29, 0.717) is 0 Å². The van der Waals surface area contributed by atoms with Gasteiger partial charge in [0.2, 0.25) is 0 Å². The Morgan fingerprint density at radius 3 is 2.06 bits per heavy atom. The maximum absolute atomic E-state index is 2.52. The second-order valence-corrected chi connectivity index (χ2v) is 11.6. The molecule has 3 aromatic rings. The zero-order valence-electron chi connectivity index (χ0n) is 21.4. The van der Waals surface area contributed by atoms with Gasteiger partial charge in [0.05, 0.1) is 0 Å². The maximum Gasteiger partial charge on any atom is -0.00201 e. The van der Waals surface area contributed by atoms with Crippen molar-refractivity contribution in [2.24, 2.45) is 17.8 Å². The second kappa shape index (κ2) is 10.2. The Labute approximate surface area is 212 Å². The lowest BCUT2D eigenvalue weighted by Gasteiger charge is -2.34. The van der Waals surface area contributed by atoms with Gasteiger partial charge in [0, 0.05) is 0 Å². The first kappa shape index (κ1) is 22.8. The highest BCUT2D eigenvalue weighted by Gasteiger charge is 2.30. The van der Waals surface area contributed by atoms with Crippen LogP contribution in [0, 0.1) is 17.8 Å². The number of hydrogen-bond acceptors (Lipinski definition) is 0. The highest BCUT2D eigenvalue weighted by Crippen LogP contribution is 2.42. The molecule has 3 aliphatic carbocycles. The van der Waals surface area contributed by atoms with Crippen molar-refractivity contribution >= 4 is 10.8 Å². The summed E-state index contributed by atoms with van der Waals surface area (Å²) in [6.45, 7) is 2.49. The summed E-state index contributed by atoms with van der Waals surface area (Å²) in [5, 5.41) is 3.10. The van der Waals surface area contributed by atoms with E-state index in [1.807, 2.05) is 0 Å². The molecule has 0 radical (unpaired) electrons. The predicted molar refractivity (Wildman–Crippen MR) is 149 cm³/mol. The highest BCUT2D eigenvalue weighted by atomic mass is 14.4. The zero-order valence-corrected chi connectivity index (χ0v) is 21.4. The quantitative estimate of drug-likeness (QED) is 0.314. The van der Waals surface area contributed by atoms with Crippen LogP contribution < -0.4 is 0 Å². The van der Waals surface area contributed by atoms with Crippen LogP contribution >= 0.6 is 0 Å². The third-order valence-corrected chi connectivity index (χ3v) is 9.37. The van der Waals surface area contributed by atoms with Gasteiger partial charge in [-0.15, -0.1) is 0 Å². The molecule has 3 atom stereocenters. The molecule has 0 amide bonds. The van der Waals surface area contributed by atoms with E-state index in [0.717, 1.165) is 37.0 Å². The van der Waals surface area contributed by atoms with Crippen molar-refractivity contribution in [3.05, 3.63) is 106 Å². The normalized spacial score (nSPS) is 23.7. The van der Waals surface area contributed by atoms with E-state index in [4.69, 9.17) is 0 Å². The molecule has 180 valence electrons. The summed E-state index contributed by atoms with van der Waals surface area (Å²) in [5.41, 5.74) is 9.44. The van der Waals surface area contributed by atoms with Gasteiger partial charge in [-0.05, 0) is 107 Å². The summed E-state index contributed by atoms with van der Waals surface area (Å²) in [6.07, 6.45) is 14.6. The van der Waals surface area contributed by atoms with E-state index in [1.54, 1.807) is 22.1 Å². The van der Waals surface area contributed by atoms with Crippen LogP contribution in [-0.2, 0) is 32.1 Å². The van der Waals surface area contributed by atoms with E-state index >= 15 is 0 Å². The van der Waals surface area contributed by atoms with Crippen LogP contribution in [0.4, 0.5) is 0 Å². The Morgan fingerprint density at radius 2 is 1.20 bits per heavy atom. The van der Waals surface area contributed by atoms with Gasteiger partial charge in [-0.1, -0.05) is 105 Å². The lowest BCUT2D eigenvalue weighted by molar-refractivity contribution is 0.265. The van der Waals surface area contributed by atoms with Gasteiger partial charge in [-0.25, -0.2) is 0 Å². The van der Waals surface area contributed by atoms with Crippen LogP contribution in [0.3, 0.4) is 0 Å². The molecule has 0 aliphatic heterocycles. The molecule has 0 bridgehead atoms. The molecule has 0 N–H and O–H groups in total. The first-order chi connectivity index (χ1) is 17.3. The first-order valence-electron chi connectivity index (χ1n) is 14.2. The summed E-state index contributed by atoms with van der Waals surface area (Å²) in [5.74, 6) is 2.70.